The van der Waals surface area contributed by atoms with Gasteiger partial charge in [-0.3, -0.25) is 5.10 Å². The molecule has 3 rings (SSSR count). The molecular weight excluding hydrogens is 292 g/mol. The van der Waals surface area contributed by atoms with Crippen molar-refractivity contribution in [3.8, 4) is 11.3 Å². The number of fused-ring (bicyclic) bond motifs is 1. The first-order chi connectivity index (χ1) is 10.2. The molecule has 0 radical (unpaired) electrons. The Hall–Kier alpha value is -2.38. The monoisotopic (exact) mass is 304 g/mol. The first kappa shape index (κ1) is 13.6. The van der Waals surface area contributed by atoms with Crippen molar-refractivity contribution in [3.05, 3.63) is 29.4 Å². The average Bonchev–Trinajstić information content (AvgIpc) is 2.98. The van der Waals surface area contributed by atoms with Gasteiger partial charge in [0.1, 0.15) is 5.82 Å². The molecule has 0 saturated carbocycles. The first-order valence-electron chi connectivity index (χ1n) is 6.30. The van der Waals surface area contributed by atoms with Crippen LogP contribution in [0.15, 0.2) is 24.4 Å². The van der Waals surface area contributed by atoms with Gasteiger partial charge in [-0.1, -0.05) is 11.6 Å². The van der Waals surface area contributed by atoms with Gasteiger partial charge in [-0.2, -0.15) is 10.1 Å². The van der Waals surface area contributed by atoms with Gasteiger partial charge >= 0.3 is 0 Å². The maximum Gasteiger partial charge on any atom is 0.222 e. The van der Waals surface area contributed by atoms with Crippen molar-refractivity contribution < 1.29 is 5.11 Å². The summed E-state index contributed by atoms with van der Waals surface area (Å²) in [5, 5.41) is 19.9. The smallest absolute Gasteiger partial charge is 0.222 e. The van der Waals surface area contributed by atoms with Crippen LogP contribution in [0.1, 0.15) is 0 Å². The third-order valence-electron chi connectivity index (χ3n) is 2.97. The van der Waals surface area contributed by atoms with E-state index in [1.165, 1.54) is 0 Å². The second-order valence-electron chi connectivity index (χ2n) is 4.39. The number of nitrogens with one attached hydrogen (secondary N) is 2. The Morgan fingerprint density at radius 2 is 2.19 bits per heavy atom. The number of aliphatic hydroxyl groups is 1. The molecule has 0 amide bonds. The Labute approximate surface area is 125 Å². The summed E-state index contributed by atoms with van der Waals surface area (Å²) in [6, 6.07) is 5.48. The number of hydrogen-bond acceptors (Lipinski definition) is 6. The summed E-state index contributed by atoms with van der Waals surface area (Å²) < 4.78 is 0. The number of nitrogens with two attached hydrogens (primary N) is 1. The maximum absolute atomic E-state index is 8.93. The molecule has 0 aliphatic heterocycles. The molecule has 0 saturated heterocycles. The molecule has 2 aromatic heterocycles. The number of aromatic amines is 1. The fourth-order valence-corrected chi connectivity index (χ4v) is 2.41. The van der Waals surface area contributed by atoms with E-state index in [1.807, 2.05) is 12.1 Å². The SMILES string of the molecule is Nc1nc(NCCO)c2c(Cl)cc(-c3cc[nH]n3)cc2n1. The molecule has 0 atom stereocenters. The van der Waals surface area contributed by atoms with Gasteiger partial charge in [0.15, 0.2) is 0 Å². The van der Waals surface area contributed by atoms with E-state index in [4.69, 9.17) is 22.4 Å². The highest BCUT2D eigenvalue weighted by atomic mass is 35.5. The van der Waals surface area contributed by atoms with Crippen LogP contribution in [0, 0.1) is 0 Å². The molecule has 0 spiro atoms. The molecule has 108 valence electrons. The first-order valence-corrected chi connectivity index (χ1v) is 6.68. The summed E-state index contributed by atoms with van der Waals surface area (Å²) in [5.74, 6) is 0.642. The summed E-state index contributed by atoms with van der Waals surface area (Å²) in [7, 11) is 0. The lowest BCUT2D eigenvalue weighted by Crippen LogP contribution is -2.09. The van der Waals surface area contributed by atoms with Crippen molar-refractivity contribution in [2.75, 3.05) is 24.2 Å². The molecule has 0 aliphatic carbocycles. The van der Waals surface area contributed by atoms with E-state index in [0.717, 1.165) is 11.3 Å². The summed E-state index contributed by atoms with van der Waals surface area (Å²) in [4.78, 5) is 8.35. The molecule has 0 bridgehead atoms. The van der Waals surface area contributed by atoms with Crippen molar-refractivity contribution >= 4 is 34.3 Å². The molecule has 0 aliphatic rings. The predicted octanol–water partition coefficient (Wildman–Crippen LogP) is 1.66. The molecule has 5 N–H and O–H groups in total. The van der Waals surface area contributed by atoms with Gasteiger partial charge in [0.2, 0.25) is 5.95 Å². The molecule has 2 heterocycles. The van der Waals surface area contributed by atoms with Crippen molar-refractivity contribution in [1.29, 1.82) is 0 Å². The molecular formula is C13H13ClN6O. The van der Waals surface area contributed by atoms with Crippen LogP contribution < -0.4 is 11.1 Å². The van der Waals surface area contributed by atoms with E-state index in [-0.39, 0.29) is 12.6 Å². The normalized spacial score (nSPS) is 11.0. The van der Waals surface area contributed by atoms with E-state index in [2.05, 4.69) is 25.5 Å². The van der Waals surface area contributed by atoms with Crippen LogP contribution in [0.2, 0.25) is 5.02 Å². The summed E-state index contributed by atoms with van der Waals surface area (Å²) >= 11 is 6.35. The number of H-pyrrole nitrogens is 1. The van der Waals surface area contributed by atoms with E-state index in [9.17, 15) is 0 Å². The van der Waals surface area contributed by atoms with E-state index in [1.54, 1.807) is 12.3 Å². The Morgan fingerprint density at radius 3 is 2.90 bits per heavy atom. The number of anilines is 2. The fraction of sp³-hybridized carbons (Fsp3) is 0.154. The van der Waals surface area contributed by atoms with Crippen LogP contribution >= 0.6 is 11.6 Å². The highest BCUT2D eigenvalue weighted by Gasteiger charge is 2.13. The zero-order valence-corrected chi connectivity index (χ0v) is 11.7. The number of aliphatic hydroxyl groups excluding tert-OH is 1. The minimum atomic E-state index is -0.0195. The van der Waals surface area contributed by atoms with Crippen molar-refractivity contribution in [3.63, 3.8) is 0 Å². The number of benzene rings is 1. The molecule has 0 fully saturated rings. The fourth-order valence-electron chi connectivity index (χ4n) is 2.10. The molecule has 0 unspecified atom stereocenters. The number of aromatic nitrogens is 4. The average molecular weight is 305 g/mol. The Morgan fingerprint density at radius 1 is 1.33 bits per heavy atom. The van der Waals surface area contributed by atoms with Crippen molar-refractivity contribution in [2.24, 2.45) is 0 Å². The largest absolute Gasteiger partial charge is 0.395 e. The molecule has 1 aromatic carbocycles. The molecule has 21 heavy (non-hydrogen) atoms. The number of nitrogens with zero attached hydrogens (tertiary/aromatic N) is 3. The second-order valence-corrected chi connectivity index (χ2v) is 4.80. The predicted molar refractivity (Wildman–Crippen MR) is 82.1 cm³/mol. The van der Waals surface area contributed by atoms with Gasteiger partial charge in [0, 0.05) is 18.3 Å². The van der Waals surface area contributed by atoms with E-state index < -0.39 is 0 Å². The maximum atomic E-state index is 8.93. The van der Waals surface area contributed by atoms with Gasteiger partial charge in [0.05, 0.1) is 28.2 Å². The Bertz CT molecular complexity index is 774. The molecule has 7 nitrogen and oxygen atoms in total. The number of hydrogen-bond donors (Lipinski definition) is 4. The third kappa shape index (κ3) is 2.61. The number of rotatable bonds is 4. The van der Waals surface area contributed by atoms with Crippen LogP contribution in [0.25, 0.3) is 22.2 Å². The van der Waals surface area contributed by atoms with Gasteiger partial charge in [-0.05, 0) is 18.2 Å². The Kier molecular flexibility index (Phi) is 3.59. The third-order valence-corrected chi connectivity index (χ3v) is 3.27. The lowest BCUT2D eigenvalue weighted by molar-refractivity contribution is 0.311. The molecule has 8 heteroatoms. The summed E-state index contributed by atoms with van der Waals surface area (Å²) in [5.41, 5.74) is 7.94. The van der Waals surface area contributed by atoms with Crippen LogP contribution in [0.5, 0.6) is 0 Å². The van der Waals surface area contributed by atoms with Crippen LogP contribution in [-0.2, 0) is 0 Å². The van der Waals surface area contributed by atoms with Gasteiger partial charge < -0.3 is 16.2 Å². The van der Waals surface area contributed by atoms with Gasteiger partial charge in [-0.15, -0.1) is 0 Å². The second kappa shape index (κ2) is 5.55. The van der Waals surface area contributed by atoms with Crippen molar-refractivity contribution in [2.45, 2.75) is 0 Å². The van der Waals surface area contributed by atoms with Gasteiger partial charge in [0.25, 0.3) is 0 Å². The minimum absolute atomic E-state index is 0.0195. The topological polar surface area (TPSA) is 113 Å². The zero-order chi connectivity index (χ0) is 14.8. The highest BCUT2D eigenvalue weighted by molar-refractivity contribution is 6.36. The lowest BCUT2D eigenvalue weighted by Gasteiger charge is -2.10. The standard InChI is InChI=1S/C13H13ClN6O/c14-8-5-7(9-1-2-17-20-9)6-10-11(8)12(16-3-4-21)19-13(15)18-10/h1-2,5-6,21H,3-4H2,(H,17,20)(H3,15,16,18,19). The number of nitrogen functional groups attached to an aromatic ring is 1. The minimum Gasteiger partial charge on any atom is -0.395 e. The zero-order valence-electron chi connectivity index (χ0n) is 11.0. The number of halogens is 1. The van der Waals surface area contributed by atoms with Crippen LogP contribution in [-0.4, -0.2) is 38.4 Å². The van der Waals surface area contributed by atoms with Crippen molar-refractivity contribution in [1.82, 2.24) is 20.2 Å². The molecule has 3 aromatic rings. The lowest BCUT2D eigenvalue weighted by atomic mass is 10.1. The van der Waals surface area contributed by atoms with Gasteiger partial charge in [-0.25, -0.2) is 4.98 Å². The Balaban J connectivity index is 2.19. The quantitative estimate of drug-likeness (QED) is 0.583. The van der Waals surface area contributed by atoms with Crippen LogP contribution in [0.4, 0.5) is 11.8 Å². The summed E-state index contributed by atoms with van der Waals surface area (Å²) in [6.45, 7) is 0.331. The van der Waals surface area contributed by atoms with E-state index >= 15 is 0 Å². The van der Waals surface area contributed by atoms with E-state index in [0.29, 0.717) is 28.3 Å². The summed E-state index contributed by atoms with van der Waals surface area (Å²) in [6.07, 6.45) is 1.73. The highest BCUT2D eigenvalue weighted by Crippen LogP contribution is 2.33. The van der Waals surface area contributed by atoms with Crippen LogP contribution in [0.3, 0.4) is 0 Å².